The van der Waals surface area contributed by atoms with Gasteiger partial charge in [-0.25, -0.2) is 0 Å². The van der Waals surface area contributed by atoms with Gasteiger partial charge >= 0.3 is 0 Å². The summed E-state index contributed by atoms with van der Waals surface area (Å²) < 4.78 is 3.39. The predicted octanol–water partition coefficient (Wildman–Crippen LogP) is 3.92. The van der Waals surface area contributed by atoms with Crippen molar-refractivity contribution in [2.45, 2.75) is 4.90 Å². The molecule has 1 aliphatic rings. The molecule has 3 aromatic rings. The summed E-state index contributed by atoms with van der Waals surface area (Å²) in [5, 5.41) is 0.994. The van der Waals surface area contributed by atoms with E-state index in [2.05, 4.69) is 40.0 Å². The second-order valence-corrected chi connectivity index (χ2v) is 5.33. The number of benzene rings is 2. The summed E-state index contributed by atoms with van der Waals surface area (Å²) in [7, 11) is 0. The van der Waals surface area contributed by atoms with E-state index in [0.29, 0.717) is 0 Å². The van der Waals surface area contributed by atoms with Crippen molar-refractivity contribution >= 4 is 34.2 Å². The first-order valence-corrected chi connectivity index (χ1v) is 6.86. The third-order valence-corrected chi connectivity index (χ3v) is 4.27. The minimum absolute atomic E-state index is 0.762. The van der Waals surface area contributed by atoms with Crippen molar-refractivity contribution in [1.29, 1.82) is 0 Å². The molecule has 92 valence electrons. The van der Waals surface area contributed by atoms with Crippen molar-refractivity contribution in [2.24, 2.45) is 0 Å². The van der Waals surface area contributed by atoms with Crippen LogP contribution in [0.5, 0.6) is 0 Å². The lowest BCUT2D eigenvalue weighted by Crippen LogP contribution is -2.01. The Morgan fingerprint density at radius 2 is 1.89 bits per heavy atom. The van der Waals surface area contributed by atoms with E-state index in [0.717, 1.165) is 22.3 Å². The molecule has 19 heavy (non-hydrogen) atoms. The molecule has 2 aromatic carbocycles. The molecule has 0 bridgehead atoms. The Morgan fingerprint density at radius 3 is 2.84 bits per heavy atom. The molecule has 1 aliphatic heterocycles. The molecule has 0 atom stereocenters. The maximum Gasteiger partial charge on any atom is 0.0968 e. The summed E-state index contributed by atoms with van der Waals surface area (Å²) in [5.74, 6) is 0. The lowest BCUT2D eigenvalue weighted by Gasteiger charge is -2.21. The Hall–Kier alpha value is -2.20. The SMILES string of the molecule is Nc1ccnc2c3c(ccc12)-c1ccccc1SN3. The van der Waals surface area contributed by atoms with Gasteiger partial charge in [-0.2, -0.15) is 0 Å². The van der Waals surface area contributed by atoms with Crippen LogP contribution in [0.2, 0.25) is 0 Å². The summed E-state index contributed by atoms with van der Waals surface area (Å²) in [6, 6.07) is 14.4. The van der Waals surface area contributed by atoms with Gasteiger partial charge in [-0.3, -0.25) is 4.98 Å². The fourth-order valence-corrected chi connectivity index (χ4v) is 3.31. The van der Waals surface area contributed by atoms with Crippen LogP contribution >= 0.6 is 11.9 Å². The van der Waals surface area contributed by atoms with Crippen LogP contribution in [0.4, 0.5) is 11.4 Å². The number of nitrogens with zero attached hydrogens (tertiary/aromatic N) is 1. The standard InChI is InChI=1S/C15H11N3S/c16-12-7-8-17-14-11(12)6-5-10-9-3-1-2-4-13(9)19-18-15(10)14/h1-8,18H,(H2,16,17). The maximum absolute atomic E-state index is 6.01. The third-order valence-electron chi connectivity index (χ3n) is 3.39. The largest absolute Gasteiger partial charge is 0.398 e. The van der Waals surface area contributed by atoms with Gasteiger partial charge in [-0.05, 0) is 35.7 Å². The summed E-state index contributed by atoms with van der Waals surface area (Å²) in [5.41, 5.74) is 11.2. The van der Waals surface area contributed by atoms with Crippen LogP contribution in [-0.4, -0.2) is 4.98 Å². The van der Waals surface area contributed by atoms with Gasteiger partial charge in [-0.1, -0.05) is 24.3 Å². The van der Waals surface area contributed by atoms with Crippen LogP contribution < -0.4 is 10.5 Å². The Kier molecular flexibility index (Phi) is 2.19. The molecule has 4 rings (SSSR count). The third kappa shape index (κ3) is 1.50. The van der Waals surface area contributed by atoms with E-state index >= 15 is 0 Å². The molecule has 0 saturated heterocycles. The van der Waals surface area contributed by atoms with Gasteiger partial charge in [0.2, 0.25) is 0 Å². The number of anilines is 2. The molecule has 3 nitrogen and oxygen atoms in total. The Morgan fingerprint density at radius 1 is 1.00 bits per heavy atom. The first-order chi connectivity index (χ1) is 9.34. The topological polar surface area (TPSA) is 50.9 Å². The van der Waals surface area contributed by atoms with Crippen molar-refractivity contribution in [3.05, 3.63) is 48.7 Å². The molecule has 4 heteroatoms. The van der Waals surface area contributed by atoms with Gasteiger partial charge < -0.3 is 10.5 Å². The lowest BCUT2D eigenvalue weighted by molar-refractivity contribution is 1.39. The maximum atomic E-state index is 6.01. The number of aromatic nitrogens is 1. The number of fused-ring (bicyclic) bond motifs is 5. The van der Waals surface area contributed by atoms with Crippen molar-refractivity contribution in [3.8, 4) is 11.1 Å². The van der Waals surface area contributed by atoms with E-state index in [4.69, 9.17) is 5.73 Å². The van der Waals surface area contributed by atoms with Crippen molar-refractivity contribution in [2.75, 3.05) is 10.5 Å². The number of nitrogens with one attached hydrogen (secondary N) is 1. The highest BCUT2D eigenvalue weighted by Gasteiger charge is 2.19. The van der Waals surface area contributed by atoms with Crippen molar-refractivity contribution in [1.82, 2.24) is 4.98 Å². The zero-order chi connectivity index (χ0) is 12.8. The molecule has 0 saturated carbocycles. The van der Waals surface area contributed by atoms with Gasteiger partial charge in [-0.15, -0.1) is 0 Å². The highest BCUT2D eigenvalue weighted by Crippen LogP contribution is 2.45. The predicted molar refractivity (Wildman–Crippen MR) is 81.1 cm³/mol. The number of hydrogen-bond acceptors (Lipinski definition) is 4. The zero-order valence-electron chi connectivity index (χ0n) is 10.1. The number of pyridine rings is 1. The van der Waals surface area contributed by atoms with E-state index in [1.165, 1.54) is 16.0 Å². The van der Waals surface area contributed by atoms with Crippen LogP contribution in [0.1, 0.15) is 0 Å². The first kappa shape index (κ1) is 10.7. The van der Waals surface area contributed by atoms with Crippen LogP contribution in [0.3, 0.4) is 0 Å². The smallest absolute Gasteiger partial charge is 0.0968 e. The molecule has 0 aliphatic carbocycles. The number of hydrogen-bond donors (Lipinski definition) is 2. The van der Waals surface area contributed by atoms with E-state index in [9.17, 15) is 0 Å². The second kappa shape index (κ2) is 3.90. The summed E-state index contributed by atoms with van der Waals surface area (Å²) in [6.45, 7) is 0. The van der Waals surface area contributed by atoms with Crippen LogP contribution in [0.15, 0.2) is 53.6 Å². The summed E-state index contributed by atoms with van der Waals surface area (Å²) >= 11 is 1.62. The van der Waals surface area contributed by atoms with Crippen molar-refractivity contribution in [3.63, 3.8) is 0 Å². The Balaban J connectivity index is 2.09. The molecule has 3 N–H and O–H groups in total. The van der Waals surface area contributed by atoms with Crippen LogP contribution in [-0.2, 0) is 0 Å². The normalized spacial score (nSPS) is 12.6. The number of nitrogen functional groups attached to an aromatic ring is 1. The summed E-state index contributed by atoms with van der Waals surface area (Å²) in [6.07, 6.45) is 1.75. The zero-order valence-corrected chi connectivity index (χ0v) is 10.9. The molecule has 1 aromatic heterocycles. The molecular formula is C15H11N3S. The van der Waals surface area contributed by atoms with E-state index in [-0.39, 0.29) is 0 Å². The lowest BCUT2D eigenvalue weighted by atomic mass is 10.0. The quantitative estimate of drug-likeness (QED) is 0.605. The van der Waals surface area contributed by atoms with Crippen LogP contribution in [0.25, 0.3) is 22.0 Å². The molecule has 2 heterocycles. The van der Waals surface area contributed by atoms with Gasteiger partial charge in [0.1, 0.15) is 0 Å². The molecule has 0 unspecified atom stereocenters. The van der Waals surface area contributed by atoms with E-state index in [1.807, 2.05) is 12.1 Å². The Labute approximate surface area is 115 Å². The summed E-state index contributed by atoms with van der Waals surface area (Å²) in [4.78, 5) is 5.71. The van der Waals surface area contributed by atoms with Crippen LogP contribution in [0, 0.1) is 0 Å². The highest BCUT2D eigenvalue weighted by molar-refractivity contribution is 8.00. The molecule has 0 radical (unpaired) electrons. The van der Waals surface area contributed by atoms with E-state index in [1.54, 1.807) is 18.1 Å². The first-order valence-electron chi connectivity index (χ1n) is 6.04. The van der Waals surface area contributed by atoms with E-state index < -0.39 is 0 Å². The average Bonchev–Trinajstić information content (AvgIpc) is 2.47. The second-order valence-electron chi connectivity index (χ2n) is 4.48. The van der Waals surface area contributed by atoms with Gasteiger partial charge in [0, 0.05) is 27.7 Å². The number of nitrogens with two attached hydrogens (primary N) is 1. The monoisotopic (exact) mass is 265 g/mol. The average molecular weight is 265 g/mol. The van der Waals surface area contributed by atoms with Gasteiger partial charge in [0.25, 0.3) is 0 Å². The molecule has 0 amide bonds. The fourth-order valence-electron chi connectivity index (χ4n) is 2.45. The fraction of sp³-hybridized carbons (Fsp3) is 0. The van der Waals surface area contributed by atoms with Gasteiger partial charge in [0.05, 0.1) is 11.2 Å². The minimum Gasteiger partial charge on any atom is -0.398 e. The number of rotatable bonds is 0. The van der Waals surface area contributed by atoms with Crippen molar-refractivity contribution < 1.29 is 0 Å². The molecule has 0 spiro atoms. The Bertz CT molecular complexity index is 798. The van der Waals surface area contributed by atoms with Gasteiger partial charge in [0.15, 0.2) is 0 Å². The highest BCUT2D eigenvalue weighted by atomic mass is 32.2. The molecule has 0 fully saturated rings. The molecular weight excluding hydrogens is 254 g/mol. The minimum atomic E-state index is 0.762.